The molecule has 2 aromatic carbocycles. The lowest BCUT2D eigenvalue weighted by atomic mass is 10.1. The second-order valence-corrected chi connectivity index (χ2v) is 10.4. The number of hydrogen-bond acceptors (Lipinski definition) is 5. The van der Waals surface area contributed by atoms with Gasteiger partial charge in [0.25, 0.3) is 5.91 Å². The zero-order valence-corrected chi connectivity index (χ0v) is 24.0. The Kier molecular flexibility index (Phi) is 8.42. The Morgan fingerprint density at radius 2 is 1.16 bits per heavy atom. The van der Waals surface area contributed by atoms with E-state index in [1.165, 1.54) is 18.2 Å². The average molecular weight is 624 g/mol. The summed E-state index contributed by atoms with van der Waals surface area (Å²) in [6, 6.07) is 18.8. The molecule has 0 saturated carbocycles. The van der Waals surface area contributed by atoms with E-state index in [2.05, 4.69) is 9.97 Å². The van der Waals surface area contributed by atoms with Crippen LogP contribution in [0.15, 0.2) is 109 Å². The van der Waals surface area contributed by atoms with E-state index in [1.807, 2.05) is 6.92 Å². The number of nitrogens with two attached hydrogens (primary N) is 1. The van der Waals surface area contributed by atoms with Gasteiger partial charge in [-0.2, -0.15) is 26.3 Å². The first-order valence-corrected chi connectivity index (χ1v) is 13.8. The van der Waals surface area contributed by atoms with Gasteiger partial charge >= 0.3 is 12.4 Å². The quantitative estimate of drug-likeness (QED) is 0.211. The number of halogens is 6. The highest BCUT2D eigenvalue weighted by Crippen LogP contribution is 2.35. The zero-order chi connectivity index (χ0) is 32.5. The number of pyridine rings is 2. The first-order chi connectivity index (χ1) is 21.2. The van der Waals surface area contributed by atoms with Crippen molar-refractivity contribution in [3.05, 3.63) is 132 Å². The highest BCUT2D eigenvalue weighted by Gasteiger charge is 2.32. The molecule has 232 valence electrons. The summed E-state index contributed by atoms with van der Waals surface area (Å²) >= 11 is 0. The summed E-state index contributed by atoms with van der Waals surface area (Å²) in [5, 5.41) is 0. The van der Waals surface area contributed by atoms with E-state index in [-0.39, 0.29) is 5.70 Å². The Morgan fingerprint density at radius 1 is 0.689 bits per heavy atom. The zero-order valence-electron chi connectivity index (χ0n) is 24.0. The molecule has 0 fully saturated rings. The second-order valence-electron chi connectivity index (χ2n) is 10.4. The van der Waals surface area contributed by atoms with Gasteiger partial charge in [-0.15, -0.1) is 0 Å². The van der Waals surface area contributed by atoms with Gasteiger partial charge in [-0.25, -0.2) is 0 Å². The standard InChI is InChI=1S/C33H27F6N5O/c1-20(26-11-5-13-28(41-26)22-7-3-9-24(17-22)32(34,35)36)43-15-16-44(30(19-43)31(40)45)21(2)27-12-6-14-29(42-27)23-8-4-10-25(18-23)33(37,38)39/h3-21H,1-2H3,(H2,40,45). The lowest BCUT2D eigenvalue weighted by Gasteiger charge is -2.35. The van der Waals surface area contributed by atoms with Crippen LogP contribution in [0, 0.1) is 0 Å². The number of aromatic nitrogens is 2. The molecule has 0 radical (unpaired) electrons. The summed E-state index contributed by atoms with van der Waals surface area (Å²) in [5.74, 6) is -0.733. The van der Waals surface area contributed by atoms with E-state index in [4.69, 9.17) is 5.73 Å². The summed E-state index contributed by atoms with van der Waals surface area (Å²) in [6.07, 6.45) is -4.12. The Labute approximate surface area is 255 Å². The van der Waals surface area contributed by atoms with Crippen molar-refractivity contribution in [3.63, 3.8) is 0 Å². The van der Waals surface area contributed by atoms with Crippen molar-refractivity contribution in [2.45, 2.75) is 38.3 Å². The van der Waals surface area contributed by atoms with Crippen molar-refractivity contribution in [2.24, 2.45) is 5.73 Å². The maximum Gasteiger partial charge on any atom is 0.416 e. The highest BCUT2D eigenvalue weighted by atomic mass is 19.4. The summed E-state index contributed by atoms with van der Waals surface area (Å²) in [7, 11) is 0. The van der Waals surface area contributed by atoms with Crippen LogP contribution in [0.25, 0.3) is 22.5 Å². The molecule has 1 amide bonds. The molecular weight excluding hydrogens is 596 g/mol. The van der Waals surface area contributed by atoms with Crippen molar-refractivity contribution in [1.82, 2.24) is 19.8 Å². The van der Waals surface area contributed by atoms with Gasteiger partial charge in [-0.05, 0) is 62.4 Å². The molecule has 3 heterocycles. The first kappa shape index (κ1) is 31.3. The topological polar surface area (TPSA) is 75.3 Å². The largest absolute Gasteiger partial charge is 0.416 e. The van der Waals surface area contributed by atoms with E-state index >= 15 is 0 Å². The van der Waals surface area contributed by atoms with Gasteiger partial charge in [-0.3, -0.25) is 14.8 Å². The van der Waals surface area contributed by atoms with Crippen LogP contribution in [0.1, 0.15) is 48.4 Å². The number of carbonyl (C=O) groups excluding carboxylic acids is 1. The van der Waals surface area contributed by atoms with Crippen LogP contribution in [0.3, 0.4) is 0 Å². The molecule has 0 spiro atoms. The summed E-state index contributed by atoms with van der Waals surface area (Å²) < 4.78 is 79.6. The average Bonchev–Trinajstić information content (AvgIpc) is 3.03. The van der Waals surface area contributed by atoms with Crippen LogP contribution in [0.4, 0.5) is 26.3 Å². The van der Waals surface area contributed by atoms with Crippen molar-refractivity contribution < 1.29 is 31.1 Å². The SMILES string of the molecule is CC(c1cccc(-c2cccc(C(F)(F)F)c2)n1)N1C=CN(C(C)c2cccc(-c3cccc(C(F)(F)F)c3)n2)C(C(N)=O)=C1. The number of nitrogens with zero attached hydrogens (tertiary/aromatic N) is 4. The molecule has 2 aromatic heterocycles. The van der Waals surface area contributed by atoms with E-state index in [0.717, 1.165) is 24.3 Å². The second kappa shape index (κ2) is 12.1. The lowest BCUT2D eigenvalue weighted by molar-refractivity contribution is -0.138. The van der Waals surface area contributed by atoms with Crippen molar-refractivity contribution >= 4 is 5.91 Å². The summed E-state index contributed by atoms with van der Waals surface area (Å²) in [4.78, 5) is 25.1. The fourth-order valence-corrected chi connectivity index (χ4v) is 4.94. The third-order valence-corrected chi connectivity index (χ3v) is 7.43. The van der Waals surface area contributed by atoms with Crippen LogP contribution in [0.2, 0.25) is 0 Å². The Hall–Kier alpha value is -5.13. The number of carbonyl (C=O) groups is 1. The van der Waals surface area contributed by atoms with Gasteiger partial charge in [-0.1, -0.05) is 36.4 Å². The molecule has 0 aliphatic carbocycles. The molecule has 2 N–H and O–H groups in total. The fourth-order valence-electron chi connectivity index (χ4n) is 4.94. The molecule has 12 heteroatoms. The number of rotatable bonds is 7. The fraction of sp³-hybridized carbons (Fsp3) is 0.182. The van der Waals surface area contributed by atoms with Crippen LogP contribution < -0.4 is 5.73 Å². The minimum Gasteiger partial charge on any atom is -0.364 e. The van der Waals surface area contributed by atoms with Crippen molar-refractivity contribution in [3.8, 4) is 22.5 Å². The minimum atomic E-state index is -4.50. The molecule has 2 unspecified atom stereocenters. The Balaban J connectivity index is 1.39. The molecule has 0 bridgehead atoms. The van der Waals surface area contributed by atoms with Gasteiger partial charge in [0.1, 0.15) is 5.70 Å². The molecule has 6 nitrogen and oxygen atoms in total. The molecule has 5 rings (SSSR count). The van der Waals surface area contributed by atoms with Gasteiger partial charge in [0.05, 0.1) is 46.0 Å². The number of alkyl halides is 6. The number of benzene rings is 2. The van der Waals surface area contributed by atoms with E-state index < -0.39 is 41.5 Å². The Morgan fingerprint density at radius 3 is 1.62 bits per heavy atom. The predicted octanol–water partition coefficient (Wildman–Crippen LogP) is 8.09. The monoisotopic (exact) mass is 623 g/mol. The van der Waals surface area contributed by atoms with E-state index in [0.29, 0.717) is 33.9 Å². The summed E-state index contributed by atoms with van der Waals surface area (Å²) in [5.41, 5.74) is 6.61. The molecule has 1 aliphatic rings. The highest BCUT2D eigenvalue weighted by molar-refractivity contribution is 5.91. The van der Waals surface area contributed by atoms with Gasteiger partial charge in [0, 0.05) is 29.7 Å². The smallest absolute Gasteiger partial charge is 0.364 e. The molecular formula is C33H27F6N5O. The summed E-state index contributed by atoms with van der Waals surface area (Å²) in [6.45, 7) is 3.59. The third kappa shape index (κ3) is 6.84. The van der Waals surface area contributed by atoms with Gasteiger partial charge < -0.3 is 15.5 Å². The van der Waals surface area contributed by atoms with Crippen molar-refractivity contribution in [2.75, 3.05) is 0 Å². The molecule has 4 aromatic rings. The number of hydrogen-bond donors (Lipinski definition) is 1. The molecule has 0 saturated heterocycles. The van der Waals surface area contributed by atoms with Crippen LogP contribution in [0.5, 0.6) is 0 Å². The van der Waals surface area contributed by atoms with E-state index in [1.54, 1.807) is 77.8 Å². The first-order valence-electron chi connectivity index (χ1n) is 13.8. The molecule has 45 heavy (non-hydrogen) atoms. The number of primary amides is 1. The minimum absolute atomic E-state index is 0.122. The van der Waals surface area contributed by atoms with E-state index in [9.17, 15) is 31.1 Å². The van der Waals surface area contributed by atoms with Crippen LogP contribution >= 0.6 is 0 Å². The number of amides is 1. The molecule has 1 aliphatic heterocycles. The van der Waals surface area contributed by atoms with Crippen molar-refractivity contribution in [1.29, 1.82) is 0 Å². The normalized spacial score (nSPS) is 15.1. The third-order valence-electron chi connectivity index (χ3n) is 7.43. The van der Waals surface area contributed by atoms with Crippen LogP contribution in [-0.4, -0.2) is 25.7 Å². The maximum absolute atomic E-state index is 13.3. The van der Waals surface area contributed by atoms with Crippen LogP contribution in [-0.2, 0) is 17.1 Å². The maximum atomic E-state index is 13.3. The Bertz CT molecular complexity index is 1780. The lowest BCUT2D eigenvalue weighted by Crippen LogP contribution is -2.35. The predicted molar refractivity (Wildman–Crippen MR) is 156 cm³/mol. The van der Waals surface area contributed by atoms with Gasteiger partial charge in [0.2, 0.25) is 0 Å². The molecule has 2 atom stereocenters. The van der Waals surface area contributed by atoms with Gasteiger partial charge in [0.15, 0.2) is 0 Å².